The molecule has 0 bridgehead atoms. The van der Waals surface area contributed by atoms with E-state index in [0.29, 0.717) is 19.6 Å². The van der Waals surface area contributed by atoms with Crippen molar-refractivity contribution in [3.63, 3.8) is 0 Å². The van der Waals surface area contributed by atoms with Gasteiger partial charge in [-0.2, -0.15) is 0 Å². The second-order valence-electron chi connectivity index (χ2n) is 9.68. The number of carbonyl (C=O) groups excluding carboxylic acids is 1. The van der Waals surface area contributed by atoms with Crippen LogP contribution in [0.2, 0.25) is 0 Å². The first-order valence-corrected chi connectivity index (χ1v) is 12.4. The van der Waals surface area contributed by atoms with E-state index in [9.17, 15) is 9.59 Å². The molecule has 0 atom stereocenters. The van der Waals surface area contributed by atoms with Gasteiger partial charge in [-0.05, 0) is 79.9 Å². The average molecular weight is 439 g/mol. The summed E-state index contributed by atoms with van der Waals surface area (Å²) in [5.74, 6) is 0.0516. The fourth-order valence-electron chi connectivity index (χ4n) is 4.99. The molecule has 32 heavy (non-hydrogen) atoms. The van der Waals surface area contributed by atoms with Crippen LogP contribution < -0.4 is 16.2 Å². The molecule has 1 fully saturated rings. The van der Waals surface area contributed by atoms with Gasteiger partial charge in [0.1, 0.15) is 0 Å². The van der Waals surface area contributed by atoms with E-state index < -0.39 is 0 Å². The molecule has 1 saturated heterocycles. The number of likely N-dealkylation sites (tertiary alicyclic amines) is 1. The van der Waals surface area contributed by atoms with E-state index in [1.54, 1.807) is 0 Å². The molecule has 1 amide bonds. The number of rotatable bonds is 9. The molecule has 1 aromatic carbocycles. The van der Waals surface area contributed by atoms with E-state index in [-0.39, 0.29) is 17.4 Å². The molecule has 2 aromatic rings. The lowest BCUT2D eigenvalue weighted by Gasteiger charge is -2.27. The normalized spacial score (nSPS) is 16.6. The van der Waals surface area contributed by atoms with Crippen molar-refractivity contribution >= 4 is 16.8 Å². The number of fused-ring (bicyclic) bond motifs is 2. The monoisotopic (exact) mass is 438 g/mol. The number of benzene rings is 1. The van der Waals surface area contributed by atoms with Crippen molar-refractivity contribution in [2.45, 2.75) is 65.5 Å². The summed E-state index contributed by atoms with van der Waals surface area (Å²) >= 11 is 0. The predicted octanol–water partition coefficient (Wildman–Crippen LogP) is 2.84. The van der Waals surface area contributed by atoms with Crippen LogP contribution >= 0.6 is 0 Å². The maximum absolute atomic E-state index is 13.5. The fraction of sp³-hybridized carbons (Fsp3) is 0.615. The standard InChI is InChI=1S/C26H38N4O2/c1-19(2)25(31)28-10-9-27-18-23-16-22-15-20-7-6-8-21(20)17-24(22)30(26(23)32)14-13-29-11-4-3-5-12-29/h15-17,19,27H,3-14,18H2,1-2H3,(H,28,31). The molecule has 6 heteroatoms. The summed E-state index contributed by atoms with van der Waals surface area (Å²) in [5.41, 5.74) is 4.86. The van der Waals surface area contributed by atoms with Gasteiger partial charge in [0.05, 0.1) is 5.52 Å². The molecule has 6 nitrogen and oxygen atoms in total. The number of aromatic nitrogens is 1. The Morgan fingerprint density at radius 2 is 1.72 bits per heavy atom. The lowest BCUT2D eigenvalue weighted by molar-refractivity contribution is -0.123. The van der Waals surface area contributed by atoms with Crippen molar-refractivity contribution in [3.05, 3.63) is 45.2 Å². The third kappa shape index (κ3) is 5.41. The van der Waals surface area contributed by atoms with E-state index in [0.717, 1.165) is 50.1 Å². The van der Waals surface area contributed by atoms with Gasteiger partial charge < -0.3 is 20.1 Å². The smallest absolute Gasteiger partial charge is 0.255 e. The minimum atomic E-state index is -0.00989. The number of piperidine rings is 1. The molecule has 0 unspecified atom stereocenters. The third-order valence-electron chi connectivity index (χ3n) is 6.91. The largest absolute Gasteiger partial charge is 0.355 e. The number of pyridine rings is 1. The number of nitrogens with zero attached hydrogens (tertiary/aromatic N) is 2. The van der Waals surface area contributed by atoms with Crippen molar-refractivity contribution in [2.75, 3.05) is 32.7 Å². The number of hydrogen-bond donors (Lipinski definition) is 2. The van der Waals surface area contributed by atoms with Crippen molar-refractivity contribution in [1.82, 2.24) is 20.1 Å². The lowest BCUT2D eigenvalue weighted by atomic mass is 10.0. The van der Waals surface area contributed by atoms with Crippen molar-refractivity contribution < 1.29 is 4.79 Å². The molecular formula is C26H38N4O2. The molecule has 1 aliphatic carbocycles. The Labute approximate surface area is 191 Å². The Hall–Kier alpha value is -2.18. The summed E-state index contributed by atoms with van der Waals surface area (Å²) in [6.07, 6.45) is 7.32. The third-order valence-corrected chi connectivity index (χ3v) is 6.91. The fourth-order valence-corrected chi connectivity index (χ4v) is 4.99. The Bertz CT molecular complexity index is 1010. The summed E-state index contributed by atoms with van der Waals surface area (Å²) < 4.78 is 2.01. The Kier molecular flexibility index (Phi) is 7.63. The van der Waals surface area contributed by atoms with Gasteiger partial charge in [0, 0.05) is 44.2 Å². The highest BCUT2D eigenvalue weighted by molar-refractivity contribution is 5.82. The van der Waals surface area contributed by atoms with Crippen LogP contribution in [0.4, 0.5) is 0 Å². The molecular weight excluding hydrogens is 400 g/mol. The lowest BCUT2D eigenvalue weighted by Crippen LogP contribution is -2.37. The zero-order valence-electron chi connectivity index (χ0n) is 19.7. The Morgan fingerprint density at radius 3 is 2.47 bits per heavy atom. The SMILES string of the molecule is CC(C)C(=O)NCCNCc1cc2cc3c(cc2n(CCN2CCCCC2)c1=O)CCC3. The van der Waals surface area contributed by atoms with Gasteiger partial charge in [0.25, 0.3) is 5.56 Å². The molecule has 1 aliphatic heterocycles. The van der Waals surface area contributed by atoms with Gasteiger partial charge in [0.2, 0.25) is 5.91 Å². The minimum absolute atomic E-state index is 0.00989. The second kappa shape index (κ2) is 10.6. The number of amides is 1. The van der Waals surface area contributed by atoms with Gasteiger partial charge in [-0.3, -0.25) is 9.59 Å². The number of nitrogens with one attached hydrogen (secondary N) is 2. The maximum Gasteiger partial charge on any atom is 0.255 e. The first-order chi connectivity index (χ1) is 15.5. The molecule has 4 rings (SSSR count). The van der Waals surface area contributed by atoms with Crippen LogP contribution in [0.1, 0.15) is 56.2 Å². The highest BCUT2D eigenvalue weighted by Gasteiger charge is 2.17. The van der Waals surface area contributed by atoms with E-state index >= 15 is 0 Å². The van der Waals surface area contributed by atoms with Crippen LogP contribution in [0, 0.1) is 5.92 Å². The summed E-state index contributed by atoms with van der Waals surface area (Å²) in [7, 11) is 0. The van der Waals surface area contributed by atoms with Gasteiger partial charge in [-0.1, -0.05) is 20.3 Å². The van der Waals surface area contributed by atoms with Gasteiger partial charge in [-0.25, -0.2) is 0 Å². The quantitative estimate of drug-likeness (QED) is 0.591. The predicted molar refractivity (Wildman–Crippen MR) is 130 cm³/mol. The van der Waals surface area contributed by atoms with Crippen molar-refractivity contribution in [2.24, 2.45) is 5.92 Å². The molecule has 0 radical (unpaired) electrons. The Morgan fingerprint density at radius 1 is 0.969 bits per heavy atom. The molecule has 0 saturated carbocycles. The summed E-state index contributed by atoms with van der Waals surface area (Å²) in [4.78, 5) is 27.7. The zero-order chi connectivity index (χ0) is 22.5. The average Bonchev–Trinajstić information content (AvgIpc) is 3.25. The number of carbonyl (C=O) groups is 1. The highest BCUT2D eigenvalue weighted by atomic mass is 16.1. The van der Waals surface area contributed by atoms with E-state index in [1.165, 1.54) is 42.2 Å². The molecule has 2 aliphatic rings. The van der Waals surface area contributed by atoms with Crippen molar-refractivity contribution in [1.29, 1.82) is 0 Å². The van der Waals surface area contributed by atoms with Gasteiger partial charge in [0.15, 0.2) is 0 Å². The van der Waals surface area contributed by atoms with Gasteiger partial charge >= 0.3 is 0 Å². The van der Waals surface area contributed by atoms with Crippen molar-refractivity contribution in [3.8, 4) is 0 Å². The molecule has 1 aromatic heterocycles. The first kappa shape index (κ1) is 23.0. The highest BCUT2D eigenvalue weighted by Crippen LogP contribution is 2.27. The maximum atomic E-state index is 13.5. The summed E-state index contributed by atoms with van der Waals surface area (Å²) in [6.45, 7) is 9.48. The van der Waals surface area contributed by atoms with E-state index in [4.69, 9.17) is 0 Å². The van der Waals surface area contributed by atoms with E-state index in [2.05, 4.69) is 33.7 Å². The molecule has 0 spiro atoms. The van der Waals surface area contributed by atoms with Crippen LogP contribution in [-0.2, 0) is 30.7 Å². The van der Waals surface area contributed by atoms with Crippen LogP contribution in [0.3, 0.4) is 0 Å². The van der Waals surface area contributed by atoms with Crippen LogP contribution in [0.25, 0.3) is 10.9 Å². The second-order valence-corrected chi connectivity index (χ2v) is 9.68. The van der Waals surface area contributed by atoms with Crippen LogP contribution in [-0.4, -0.2) is 48.1 Å². The molecule has 2 heterocycles. The zero-order valence-corrected chi connectivity index (χ0v) is 19.7. The molecule has 174 valence electrons. The van der Waals surface area contributed by atoms with Gasteiger partial charge in [-0.15, -0.1) is 0 Å². The van der Waals surface area contributed by atoms with E-state index in [1.807, 2.05) is 18.4 Å². The number of hydrogen-bond acceptors (Lipinski definition) is 4. The van der Waals surface area contributed by atoms with Crippen LogP contribution in [0.15, 0.2) is 23.0 Å². The topological polar surface area (TPSA) is 66.4 Å². The number of aryl methyl sites for hydroxylation is 2. The Balaban J connectivity index is 1.51. The molecule has 2 N–H and O–H groups in total. The minimum Gasteiger partial charge on any atom is -0.355 e. The summed E-state index contributed by atoms with van der Waals surface area (Å²) in [6, 6.07) is 6.65. The van der Waals surface area contributed by atoms with Crippen LogP contribution in [0.5, 0.6) is 0 Å². The summed E-state index contributed by atoms with van der Waals surface area (Å²) in [5, 5.41) is 7.44. The first-order valence-electron chi connectivity index (χ1n) is 12.4.